The first-order valence-corrected chi connectivity index (χ1v) is 7.72. The minimum absolute atomic E-state index is 0.295. The molecule has 0 radical (unpaired) electrons. The summed E-state index contributed by atoms with van der Waals surface area (Å²) in [7, 11) is 0. The summed E-state index contributed by atoms with van der Waals surface area (Å²) in [6.07, 6.45) is 0.632. The van der Waals surface area contributed by atoms with Crippen molar-refractivity contribution < 1.29 is 9.53 Å². The van der Waals surface area contributed by atoms with E-state index >= 15 is 0 Å². The number of hydrogen-bond acceptors (Lipinski definition) is 5. The predicted octanol–water partition coefficient (Wildman–Crippen LogP) is 1.07. The van der Waals surface area contributed by atoms with Crippen molar-refractivity contribution in [1.82, 2.24) is 9.80 Å². The quantitative estimate of drug-likeness (QED) is 0.740. The molecule has 1 aliphatic rings. The normalized spacial score (nSPS) is 22.6. The molecule has 0 aromatic rings. The summed E-state index contributed by atoms with van der Waals surface area (Å²) in [5.41, 5.74) is 5.22. The SMILES string of the molecule is CCOC(=O)C(C)(N)CC(C)N1CCN(C(C)C)CC1. The fourth-order valence-corrected chi connectivity index (χ4v) is 2.82. The Morgan fingerprint density at radius 2 is 1.70 bits per heavy atom. The first kappa shape index (κ1) is 17.4. The lowest BCUT2D eigenvalue weighted by molar-refractivity contribution is -0.149. The summed E-state index contributed by atoms with van der Waals surface area (Å²) in [5.74, 6) is -0.298. The first-order valence-electron chi connectivity index (χ1n) is 7.72. The second-order valence-corrected chi connectivity index (χ2v) is 6.36. The number of rotatable bonds is 6. The van der Waals surface area contributed by atoms with Crippen LogP contribution >= 0.6 is 0 Å². The molecule has 1 fully saturated rings. The molecular formula is C15H31N3O2. The molecule has 0 saturated carbocycles. The van der Waals surface area contributed by atoms with Gasteiger partial charge in [0.05, 0.1) is 6.61 Å². The molecule has 5 heteroatoms. The maximum absolute atomic E-state index is 11.9. The number of hydrogen-bond donors (Lipinski definition) is 1. The zero-order valence-corrected chi connectivity index (χ0v) is 13.7. The van der Waals surface area contributed by atoms with Crippen LogP contribution in [-0.2, 0) is 9.53 Å². The van der Waals surface area contributed by atoms with Crippen molar-refractivity contribution in [3.05, 3.63) is 0 Å². The third-order valence-electron chi connectivity index (χ3n) is 4.16. The smallest absolute Gasteiger partial charge is 0.325 e. The molecule has 20 heavy (non-hydrogen) atoms. The third-order valence-corrected chi connectivity index (χ3v) is 4.16. The number of piperazine rings is 1. The molecule has 118 valence electrons. The summed E-state index contributed by atoms with van der Waals surface area (Å²) >= 11 is 0. The van der Waals surface area contributed by atoms with E-state index in [2.05, 4.69) is 30.6 Å². The average molecular weight is 285 g/mol. The zero-order valence-electron chi connectivity index (χ0n) is 13.7. The summed E-state index contributed by atoms with van der Waals surface area (Å²) in [5, 5.41) is 0. The van der Waals surface area contributed by atoms with Gasteiger partial charge >= 0.3 is 5.97 Å². The minimum Gasteiger partial charge on any atom is -0.465 e. The summed E-state index contributed by atoms with van der Waals surface area (Å²) < 4.78 is 5.05. The molecule has 1 aliphatic heterocycles. The molecule has 1 saturated heterocycles. The molecule has 2 N–H and O–H groups in total. The summed E-state index contributed by atoms with van der Waals surface area (Å²) in [6.45, 7) is 14.8. The van der Waals surface area contributed by atoms with Crippen LogP contribution in [0.3, 0.4) is 0 Å². The van der Waals surface area contributed by atoms with Crippen molar-refractivity contribution in [3.8, 4) is 0 Å². The monoisotopic (exact) mass is 285 g/mol. The molecule has 0 aromatic heterocycles. The Labute approximate surface area is 123 Å². The number of nitrogens with zero attached hydrogens (tertiary/aromatic N) is 2. The minimum atomic E-state index is -0.898. The molecule has 0 bridgehead atoms. The van der Waals surface area contributed by atoms with Gasteiger partial charge < -0.3 is 10.5 Å². The fourth-order valence-electron chi connectivity index (χ4n) is 2.82. The number of ether oxygens (including phenoxy) is 1. The van der Waals surface area contributed by atoms with Crippen LogP contribution in [-0.4, -0.2) is 66.2 Å². The second kappa shape index (κ2) is 7.38. The van der Waals surface area contributed by atoms with E-state index in [1.54, 1.807) is 6.92 Å². The molecule has 2 unspecified atom stereocenters. The van der Waals surface area contributed by atoms with Crippen LogP contribution in [0.25, 0.3) is 0 Å². The van der Waals surface area contributed by atoms with Gasteiger partial charge in [-0.3, -0.25) is 14.6 Å². The van der Waals surface area contributed by atoms with E-state index in [4.69, 9.17) is 10.5 Å². The molecular weight excluding hydrogens is 254 g/mol. The summed E-state index contributed by atoms with van der Waals surface area (Å²) in [4.78, 5) is 16.8. The first-order chi connectivity index (χ1) is 9.27. The number of esters is 1. The van der Waals surface area contributed by atoms with Crippen molar-refractivity contribution in [1.29, 1.82) is 0 Å². The Kier molecular flexibility index (Phi) is 6.43. The number of nitrogens with two attached hydrogens (primary N) is 1. The van der Waals surface area contributed by atoms with Gasteiger partial charge in [0.15, 0.2) is 0 Å². The second-order valence-electron chi connectivity index (χ2n) is 6.36. The highest BCUT2D eigenvalue weighted by Gasteiger charge is 2.34. The van der Waals surface area contributed by atoms with E-state index in [0.29, 0.717) is 25.1 Å². The Bertz CT molecular complexity index is 310. The fraction of sp³-hybridized carbons (Fsp3) is 0.933. The Balaban J connectivity index is 2.47. The van der Waals surface area contributed by atoms with E-state index in [1.807, 2.05) is 6.92 Å². The van der Waals surface area contributed by atoms with E-state index < -0.39 is 5.54 Å². The maximum Gasteiger partial charge on any atom is 0.325 e. The van der Waals surface area contributed by atoms with Crippen LogP contribution < -0.4 is 5.73 Å². The molecule has 0 amide bonds. The van der Waals surface area contributed by atoms with Gasteiger partial charge in [-0.05, 0) is 41.0 Å². The van der Waals surface area contributed by atoms with Gasteiger partial charge in [0, 0.05) is 38.3 Å². The molecule has 0 spiro atoms. The van der Waals surface area contributed by atoms with Gasteiger partial charge in [0.1, 0.15) is 5.54 Å². The molecule has 1 rings (SSSR count). The predicted molar refractivity (Wildman–Crippen MR) is 81.6 cm³/mol. The van der Waals surface area contributed by atoms with Crippen LogP contribution in [0, 0.1) is 0 Å². The Morgan fingerprint density at radius 3 is 2.15 bits per heavy atom. The van der Waals surface area contributed by atoms with Crippen molar-refractivity contribution >= 4 is 5.97 Å². The zero-order chi connectivity index (χ0) is 15.3. The molecule has 2 atom stereocenters. The van der Waals surface area contributed by atoms with Crippen LogP contribution in [0.5, 0.6) is 0 Å². The lowest BCUT2D eigenvalue weighted by atomic mass is 9.94. The van der Waals surface area contributed by atoms with Crippen LogP contribution in [0.4, 0.5) is 0 Å². The third kappa shape index (κ3) is 4.72. The Hall–Kier alpha value is -0.650. The van der Waals surface area contributed by atoms with Crippen LogP contribution in [0.2, 0.25) is 0 Å². The average Bonchev–Trinajstić information content (AvgIpc) is 2.38. The highest BCUT2D eigenvalue weighted by molar-refractivity contribution is 5.80. The lowest BCUT2D eigenvalue weighted by Gasteiger charge is -2.41. The molecule has 0 aromatic carbocycles. The molecule has 0 aliphatic carbocycles. The summed E-state index contributed by atoms with van der Waals surface area (Å²) in [6, 6.07) is 0.899. The number of carbonyl (C=O) groups is 1. The largest absolute Gasteiger partial charge is 0.465 e. The Morgan fingerprint density at radius 1 is 1.20 bits per heavy atom. The van der Waals surface area contributed by atoms with Crippen LogP contribution in [0.1, 0.15) is 41.0 Å². The van der Waals surface area contributed by atoms with Crippen molar-refractivity contribution in [2.45, 2.75) is 58.7 Å². The molecule has 5 nitrogen and oxygen atoms in total. The molecule has 1 heterocycles. The van der Waals surface area contributed by atoms with Gasteiger partial charge in [-0.1, -0.05) is 0 Å². The van der Waals surface area contributed by atoms with E-state index in [-0.39, 0.29) is 5.97 Å². The highest BCUT2D eigenvalue weighted by Crippen LogP contribution is 2.18. The standard InChI is InChI=1S/C15H31N3O2/c1-6-20-14(19)15(5,16)11-13(4)18-9-7-17(8-10-18)12(2)3/h12-13H,6-11,16H2,1-5H3. The van der Waals surface area contributed by atoms with Crippen molar-refractivity contribution in [2.24, 2.45) is 5.73 Å². The highest BCUT2D eigenvalue weighted by atomic mass is 16.5. The van der Waals surface area contributed by atoms with Gasteiger partial charge in [-0.15, -0.1) is 0 Å². The van der Waals surface area contributed by atoms with Gasteiger partial charge in [0.25, 0.3) is 0 Å². The van der Waals surface area contributed by atoms with Crippen LogP contribution in [0.15, 0.2) is 0 Å². The van der Waals surface area contributed by atoms with E-state index in [1.165, 1.54) is 0 Å². The van der Waals surface area contributed by atoms with Gasteiger partial charge in [-0.2, -0.15) is 0 Å². The maximum atomic E-state index is 11.9. The van der Waals surface area contributed by atoms with Gasteiger partial charge in [-0.25, -0.2) is 0 Å². The van der Waals surface area contributed by atoms with E-state index in [0.717, 1.165) is 26.2 Å². The van der Waals surface area contributed by atoms with Crippen molar-refractivity contribution in [2.75, 3.05) is 32.8 Å². The number of carbonyl (C=O) groups excluding carboxylic acids is 1. The van der Waals surface area contributed by atoms with Crippen molar-refractivity contribution in [3.63, 3.8) is 0 Å². The topological polar surface area (TPSA) is 58.8 Å². The van der Waals surface area contributed by atoms with Gasteiger partial charge in [0.2, 0.25) is 0 Å². The van der Waals surface area contributed by atoms with E-state index in [9.17, 15) is 4.79 Å². The lowest BCUT2D eigenvalue weighted by Crippen LogP contribution is -2.55.